The number of H-pyrrole nitrogens is 1. The molecule has 0 atom stereocenters. The first kappa shape index (κ1) is 22.7. The molecule has 1 fully saturated rings. The Morgan fingerprint density at radius 2 is 1.79 bits per heavy atom. The van der Waals surface area contributed by atoms with Crippen molar-refractivity contribution in [3.8, 4) is 17.0 Å². The van der Waals surface area contributed by atoms with Crippen LogP contribution >= 0.6 is 0 Å². The van der Waals surface area contributed by atoms with Crippen LogP contribution in [0, 0.1) is 0 Å². The molecule has 5 rings (SSSR count). The summed E-state index contributed by atoms with van der Waals surface area (Å²) in [6.45, 7) is 2.88. The molecule has 0 bridgehead atoms. The van der Waals surface area contributed by atoms with Crippen LogP contribution in [0.1, 0.15) is 40.7 Å². The number of aromatic nitrogens is 1. The lowest BCUT2D eigenvalue weighted by molar-refractivity contribution is -0.0500. The maximum Gasteiger partial charge on any atom is 0.534 e. The SMILES string of the molecule is O=C1NCc2c(OS(=O)(=O)C(F)(F)F)ccc(-c3cc4cc(CN5CCCCC5)ccc4[nH]3)c21. The van der Waals surface area contributed by atoms with Gasteiger partial charge in [0.2, 0.25) is 0 Å². The highest BCUT2D eigenvalue weighted by Crippen LogP contribution is 2.38. The zero-order chi connectivity index (χ0) is 24.1. The van der Waals surface area contributed by atoms with Crippen molar-refractivity contribution in [1.82, 2.24) is 15.2 Å². The fourth-order valence-corrected chi connectivity index (χ4v) is 5.08. The third kappa shape index (κ3) is 4.14. The van der Waals surface area contributed by atoms with Gasteiger partial charge in [0, 0.05) is 40.8 Å². The third-order valence-corrected chi connectivity index (χ3v) is 7.20. The van der Waals surface area contributed by atoms with E-state index < -0.39 is 27.3 Å². The normalized spacial score (nSPS) is 17.1. The number of rotatable bonds is 5. The third-order valence-electron chi connectivity index (χ3n) is 6.24. The maximum absolute atomic E-state index is 12.8. The zero-order valence-corrected chi connectivity index (χ0v) is 18.9. The molecule has 2 aromatic carbocycles. The van der Waals surface area contributed by atoms with E-state index in [0.29, 0.717) is 11.3 Å². The Labute approximate surface area is 194 Å². The maximum atomic E-state index is 12.8. The van der Waals surface area contributed by atoms with Gasteiger partial charge in [-0.1, -0.05) is 12.5 Å². The lowest BCUT2D eigenvalue weighted by Gasteiger charge is -2.26. The first-order valence-corrected chi connectivity index (χ1v) is 12.3. The van der Waals surface area contributed by atoms with E-state index in [-0.39, 0.29) is 17.7 Å². The van der Waals surface area contributed by atoms with Crippen LogP contribution in [0.4, 0.5) is 13.2 Å². The summed E-state index contributed by atoms with van der Waals surface area (Å²) in [6.07, 6.45) is 3.67. The summed E-state index contributed by atoms with van der Waals surface area (Å²) in [7, 11) is -5.86. The number of likely N-dealkylation sites (tertiary alicyclic amines) is 1. The number of halogens is 3. The second kappa shape index (κ2) is 8.31. The summed E-state index contributed by atoms with van der Waals surface area (Å²) in [4.78, 5) is 18.2. The van der Waals surface area contributed by atoms with Gasteiger partial charge in [-0.05, 0) is 61.8 Å². The number of piperidine rings is 1. The molecule has 3 heterocycles. The molecule has 1 amide bonds. The Balaban J connectivity index is 1.49. The Bertz CT molecular complexity index is 1380. The van der Waals surface area contributed by atoms with Crippen LogP contribution < -0.4 is 9.50 Å². The zero-order valence-electron chi connectivity index (χ0n) is 18.0. The van der Waals surface area contributed by atoms with E-state index in [2.05, 4.69) is 25.5 Å². The van der Waals surface area contributed by atoms with E-state index >= 15 is 0 Å². The van der Waals surface area contributed by atoms with Crippen molar-refractivity contribution in [2.75, 3.05) is 13.1 Å². The van der Waals surface area contributed by atoms with Crippen LogP contribution in [0.15, 0.2) is 36.4 Å². The Morgan fingerprint density at radius 1 is 1.03 bits per heavy atom. The molecular formula is C23H22F3N3O4S. The van der Waals surface area contributed by atoms with E-state index in [1.165, 1.54) is 30.9 Å². The molecule has 0 spiro atoms. The molecule has 1 aromatic heterocycles. The van der Waals surface area contributed by atoms with Gasteiger partial charge in [-0.3, -0.25) is 9.69 Å². The minimum Gasteiger partial charge on any atom is -0.376 e. The fourth-order valence-electron chi connectivity index (χ4n) is 4.59. The molecule has 3 aromatic rings. The van der Waals surface area contributed by atoms with Crippen LogP contribution in [0.25, 0.3) is 22.2 Å². The van der Waals surface area contributed by atoms with Gasteiger partial charge in [-0.15, -0.1) is 0 Å². The van der Waals surface area contributed by atoms with E-state index in [9.17, 15) is 26.4 Å². The number of alkyl halides is 3. The molecule has 2 aliphatic heterocycles. The smallest absolute Gasteiger partial charge is 0.376 e. The van der Waals surface area contributed by atoms with Gasteiger partial charge in [0.25, 0.3) is 5.91 Å². The molecular weight excluding hydrogens is 471 g/mol. The van der Waals surface area contributed by atoms with Gasteiger partial charge in [0.15, 0.2) is 0 Å². The van der Waals surface area contributed by atoms with E-state index in [4.69, 9.17) is 0 Å². The Kier molecular flexibility index (Phi) is 5.56. The number of carbonyl (C=O) groups is 1. The highest BCUT2D eigenvalue weighted by molar-refractivity contribution is 7.88. The molecule has 2 aliphatic rings. The number of fused-ring (bicyclic) bond motifs is 2. The number of aromatic amines is 1. The van der Waals surface area contributed by atoms with E-state index in [0.717, 1.165) is 36.6 Å². The molecule has 2 N–H and O–H groups in total. The standard InChI is InChI=1S/C23H22F3N3O4S/c24-23(25,26)34(31,32)33-20-7-5-16(21-17(20)12-27-22(21)30)19-11-15-10-14(4-6-18(15)28-19)13-29-8-2-1-3-9-29/h4-7,10-11,28H,1-3,8-9,12-13H2,(H,27,30). The molecule has 0 unspecified atom stereocenters. The van der Waals surface area contributed by atoms with Gasteiger partial charge >= 0.3 is 15.6 Å². The summed E-state index contributed by atoms with van der Waals surface area (Å²) < 4.78 is 65.7. The summed E-state index contributed by atoms with van der Waals surface area (Å²) in [5.74, 6) is -1.03. The van der Waals surface area contributed by atoms with Gasteiger partial charge in [-0.25, -0.2) is 0 Å². The lowest BCUT2D eigenvalue weighted by Crippen LogP contribution is -2.28. The van der Waals surface area contributed by atoms with Crippen molar-refractivity contribution in [2.45, 2.75) is 37.9 Å². The fraction of sp³-hybridized carbons (Fsp3) is 0.348. The predicted molar refractivity (Wildman–Crippen MR) is 120 cm³/mol. The molecule has 0 saturated carbocycles. The Hall–Kier alpha value is -3.05. The van der Waals surface area contributed by atoms with Crippen molar-refractivity contribution in [2.24, 2.45) is 0 Å². The van der Waals surface area contributed by atoms with Gasteiger partial charge < -0.3 is 14.5 Å². The highest BCUT2D eigenvalue weighted by atomic mass is 32.2. The Morgan fingerprint density at radius 3 is 2.53 bits per heavy atom. The van der Waals surface area contributed by atoms with Gasteiger partial charge in [-0.2, -0.15) is 21.6 Å². The molecule has 11 heteroatoms. The molecule has 180 valence electrons. The summed E-state index contributed by atoms with van der Waals surface area (Å²) in [6, 6.07) is 10.5. The lowest BCUT2D eigenvalue weighted by atomic mass is 9.99. The average Bonchev–Trinajstić information content (AvgIpc) is 3.38. The number of nitrogens with zero attached hydrogens (tertiary/aromatic N) is 1. The first-order chi connectivity index (χ1) is 16.1. The minimum atomic E-state index is -5.86. The number of nitrogens with one attached hydrogen (secondary N) is 2. The van der Waals surface area contributed by atoms with Crippen LogP contribution in [0.5, 0.6) is 5.75 Å². The summed E-state index contributed by atoms with van der Waals surface area (Å²) in [5.41, 5.74) is -2.33. The second-order valence-corrected chi connectivity index (χ2v) is 10.1. The van der Waals surface area contributed by atoms with E-state index in [1.54, 1.807) is 0 Å². The number of hydrogen-bond donors (Lipinski definition) is 2. The monoisotopic (exact) mass is 493 g/mol. The largest absolute Gasteiger partial charge is 0.534 e. The van der Waals surface area contributed by atoms with Crippen LogP contribution in [-0.4, -0.2) is 42.8 Å². The molecule has 1 saturated heterocycles. The van der Waals surface area contributed by atoms with Crippen LogP contribution in [-0.2, 0) is 23.2 Å². The molecule has 0 aliphatic carbocycles. The minimum absolute atomic E-state index is 0.0692. The summed E-state index contributed by atoms with van der Waals surface area (Å²) >= 11 is 0. The number of benzene rings is 2. The number of hydrogen-bond acceptors (Lipinski definition) is 5. The van der Waals surface area contributed by atoms with Crippen molar-refractivity contribution in [3.63, 3.8) is 0 Å². The molecule has 34 heavy (non-hydrogen) atoms. The number of carbonyl (C=O) groups excluding carboxylic acids is 1. The average molecular weight is 494 g/mol. The van der Waals surface area contributed by atoms with Crippen LogP contribution in [0.2, 0.25) is 0 Å². The van der Waals surface area contributed by atoms with Crippen molar-refractivity contribution >= 4 is 26.9 Å². The van der Waals surface area contributed by atoms with E-state index in [1.807, 2.05) is 18.2 Å². The second-order valence-electron chi connectivity index (χ2n) is 8.57. The highest BCUT2D eigenvalue weighted by Gasteiger charge is 2.49. The topological polar surface area (TPSA) is 91.5 Å². The number of amides is 1. The quantitative estimate of drug-likeness (QED) is 0.409. The van der Waals surface area contributed by atoms with Gasteiger partial charge in [0.05, 0.1) is 5.56 Å². The van der Waals surface area contributed by atoms with Crippen molar-refractivity contribution in [3.05, 3.63) is 53.1 Å². The van der Waals surface area contributed by atoms with Crippen LogP contribution in [0.3, 0.4) is 0 Å². The van der Waals surface area contributed by atoms with Crippen molar-refractivity contribution in [1.29, 1.82) is 0 Å². The predicted octanol–water partition coefficient (Wildman–Crippen LogP) is 4.29. The van der Waals surface area contributed by atoms with Gasteiger partial charge in [0.1, 0.15) is 5.75 Å². The first-order valence-electron chi connectivity index (χ1n) is 10.9. The van der Waals surface area contributed by atoms with Crippen molar-refractivity contribution < 1.29 is 30.6 Å². The summed E-state index contributed by atoms with van der Waals surface area (Å²) in [5, 5.41) is 3.48. The molecule has 0 radical (unpaired) electrons. The molecule has 7 nitrogen and oxygen atoms in total.